The number of aromatic nitrogens is 2. The fourth-order valence-electron chi connectivity index (χ4n) is 3.07. The molecule has 0 spiro atoms. The third-order valence-corrected chi connectivity index (χ3v) is 6.22. The second-order valence-electron chi connectivity index (χ2n) is 8.20. The van der Waals surface area contributed by atoms with Crippen molar-refractivity contribution >= 4 is 33.6 Å². The molecule has 8 nitrogen and oxygen atoms in total. The lowest BCUT2D eigenvalue weighted by Crippen LogP contribution is -2.27. The van der Waals surface area contributed by atoms with E-state index in [1.54, 1.807) is 25.3 Å². The molecular formula is C23H30FN3O5S. The topological polar surface area (TPSA) is 124 Å². The zero-order valence-corrected chi connectivity index (χ0v) is 19.9. The lowest BCUT2D eigenvalue weighted by molar-refractivity contribution is -0.139. The van der Waals surface area contributed by atoms with E-state index in [4.69, 9.17) is 5.11 Å². The first kappa shape index (κ1) is 26.4. The Hall–Kier alpha value is -2.82. The van der Waals surface area contributed by atoms with Crippen molar-refractivity contribution in [2.45, 2.75) is 44.8 Å². The molecule has 33 heavy (non-hydrogen) atoms. The number of anilines is 1. The van der Waals surface area contributed by atoms with Crippen molar-refractivity contribution in [3.8, 4) is 11.3 Å². The van der Waals surface area contributed by atoms with Crippen LogP contribution in [0.3, 0.4) is 0 Å². The third-order valence-electron chi connectivity index (χ3n) is 4.90. The number of carbonyl (C=O) groups is 1. The summed E-state index contributed by atoms with van der Waals surface area (Å²) in [6.07, 6.45) is 1.54. The van der Waals surface area contributed by atoms with Gasteiger partial charge in [0.2, 0.25) is 5.95 Å². The Bertz CT molecular complexity index is 1120. The molecule has 3 N–H and O–H groups in total. The number of rotatable bonds is 10. The molecule has 0 bridgehead atoms. The molecule has 0 saturated carbocycles. The van der Waals surface area contributed by atoms with Crippen LogP contribution in [0.4, 0.5) is 10.3 Å². The van der Waals surface area contributed by atoms with Crippen molar-refractivity contribution in [1.29, 1.82) is 0 Å². The van der Waals surface area contributed by atoms with Crippen molar-refractivity contribution < 1.29 is 28.7 Å². The third kappa shape index (κ3) is 7.34. The van der Waals surface area contributed by atoms with Gasteiger partial charge in [0.25, 0.3) is 0 Å². The van der Waals surface area contributed by atoms with Crippen molar-refractivity contribution in [1.82, 2.24) is 9.97 Å². The number of nitrogens with zero attached hydrogens (tertiary/aromatic N) is 3. The number of halogens is 1. The number of aliphatic hydroxyl groups excluding tert-OH is 2. The highest BCUT2D eigenvalue weighted by molar-refractivity contribution is 8.00. The Labute approximate surface area is 193 Å². The highest BCUT2D eigenvalue weighted by Gasteiger charge is 2.21. The van der Waals surface area contributed by atoms with Crippen molar-refractivity contribution in [2.75, 3.05) is 17.6 Å². The Balaban J connectivity index is 2.61. The van der Waals surface area contributed by atoms with Gasteiger partial charge in [0.1, 0.15) is 5.82 Å². The Morgan fingerprint density at radius 2 is 1.85 bits per heavy atom. The maximum atomic E-state index is 13.5. The van der Waals surface area contributed by atoms with Gasteiger partial charge >= 0.3 is 5.97 Å². The van der Waals surface area contributed by atoms with E-state index in [1.165, 1.54) is 28.8 Å². The summed E-state index contributed by atoms with van der Waals surface area (Å²) in [6, 6.07) is 5.71. The minimum atomic E-state index is -2.65. The monoisotopic (exact) mass is 479 g/mol. The Morgan fingerprint density at radius 1 is 1.24 bits per heavy atom. The predicted octanol–water partition coefficient (Wildman–Crippen LogP) is 2.70. The maximum Gasteiger partial charge on any atom is 0.305 e. The fraction of sp³-hybridized carbons (Fsp3) is 0.391. The molecule has 2 unspecified atom stereocenters. The first-order valence-electron chi connectivity index (χ1n) is 10.3. The summed E-state index contributed by atoms with van der Waals surface area (Å²) in [5, 5.41) is 28.9. The van der Waals surface area contributed by atoms with Crippen LogP contribution in [-0.4, -0.2) is 66.8 Å². The number of hydrogen-bond acceptors (Lipinski definition) is 6. The molecule has 1 heterocycles. The van der Waals surface area contributed by atoms with E-state index < -0.39 is 40.1 Å². The molecule has 0 saturated heterocycles. The lowest BCUT2D eigenvalue weighted by atomic mass is 9.97. The number of hydrogen-bond donors (Lipinski definition) is 3. The van der Waals surface area contributed by atoms with Gasteiger partial charge in [0.05, 0.1) is 30.0 Å². The SMILES string of the molecule is C=S(C)(=O)N(C)c1nc(-c2ccc(F)cc2)c(/C=C/[C@@H](O)CC(O)CC(=O)O)c(C(C)C)n1. The number of aliphatic carboxylic acids is 1. The van der Waals surface area contributed by atoms with E-state index in [0.29, 0.717) is 22.5 Å². The van der Waals surface area contributed by atoms with Crippen LogP contribution < -0.4 is 4.31 Å². The van der Waals surface area contributed by atoms with Crippen LogP contribution in [0.15, 0.2) is 30.3 Å². The van der Waals surface area contributed by atoms with E-state index in [0.717, 1.165) is 0 Å². The van der Waals surface area contributed by atoms with Gasteiger partial charge in [-0.2, -0.15) is 0 Å². The van der Waals surface area contributed by atoms with Gasteiger partial charge in [-0.1, -0.05) is 26.0 Å². The molecule has 0 fully saturated rings. The summed E-state index contributed by atoms with van der Waals surface area (Å²) < 4.78 is 27.4. The summed E-state index contributed by atoms with van der Waals surface area (Å²) in [4.78, 5) is 19.9. The molecule has 0 amide bonds. The largest absolute Gasteiger partial charge is 0.481 e. The number of carboxylic acid groups (broad SMARTS) is 1. The average molecular weight is 480 g/mol. The Kier molecular flexibility index (Phi) is 8.70. The van der Waals surface area contributed by atoms with Gasteiger partial charge in [-0.25, -0.2) is 18.6 Å². The summed E-state index contributed by atoms with van der Waals surface area (Å²) in [6.45, 7) is 3.83. The van der Waals surface area contributed by atoms with Crippen LogP contribution in [0.5, 0.6) is 0 Å². The van der Waals surface area contributed by atoms with Crippen molar-refractivity contribution in [3.63, 3.8) is 0 Å². The van der Waals surface area contributed by atoms with Gasteiger partial charge < -0.3 is 15.3 Å². The van der Waals surface area contributed by atoms with E-state index >= 15 is 0 Å². The van der Waals surface area contributed by atoms with E-state index in [9.17, 15) is 23.6 Å². The second-order valence-corrected chi connectivity index (χ2v) is 10.7. The van der Waals surface area contributed by atoms with Crippen LogP contribution in [-0.2, 0) is 14.5 Å². The van der Waals surface area contributed by atoms with Gasteiger partial charge in [-0.15, -0.1) is 0 Å². The van der Waals surface area contributed by atoms with Crippen molar-refractivity contribution in [2.24, 2.45) is 0 Å². The van der Waals surface area contributed by atoms with Gasteiger partial charge in [0.15, 0.2) is 0 Å². The zero-order chi connectivity index (χ0) is 24.9. The highest BCUT2D eigenvalue weighted by atomic mass is 32.2. The highest BCUT2D eigenvalue weighted by Crippen LogP contribution is 2.31. The molecular weight excluding hydrogens is 449 g/mol. The fourth-order valence-corrected chi connectivity index (χ4v) is 3.50. The van der Waals surface area contributed by atoms with Crippen LogP contribution in [0, 0.1) is 5.82 Å². The standard InChI is InChI=1S/C23H30FN3O5S/c1-14(2)21-19(11-10-17(28)12-18(29)13-20(30)31)22(15-6-8-16(24)9-7-15)26-23(25-21)27(3)33(4,5)32/h6-11,14,17-18,28-29H,4,12-13H2,1-3,5H3,(H,30,31)/b11-10+/t17-,18?,33?/m1/s1. The summed E-state index contributed by atoms with van der Waals surface area (Å²) in [5.41, 5.74) is 2.19. The molecule has 1 aromatic carbocycles. The smallest absolute Gasteiger partial charge is 0.305 e. The Morgan fingerprint density at radius 3 is 2.36 bits per heavy atom. The molecule has 2 aromatic rings. The molecule has 0 aliphatic rings. The molecule has 180 valence electrons. The van der Waals surface area contributed by atoms with Gasteiger partial charge in [-0.05, 0) is 36.1 Å². The zero-order valence-electron chi connectivity index (χ0n) is 19.1. The summed E-state index contributed by atoms with van der Waals surface area (Å²) in [5.74, 6) is 2.20. The van der Waals surface area contributed by atoms with Crippen LogP contribution >= 0.6 is 0 Å². The lowest BCUT2D eigenvalue weighted by Gasteiger charge is -2.22. The summed E-state index contributed by atoms with van der Waals surface area (Å²) in [7, 11) is -1.08. The molecule has 3 atom stereocenters. The quantitative estimate of drug-likeness (QED) is 0.448. The van der Waals surface area contributed by atoms with E-state index in [1.807, 2.05) is 13.8 Å². The van der Waals surface area contributed by atoms with Crippen LogP contribution in [0.1, 0.15) is 43.9 Å². The van der Waals surface area contributed by atoms with Gasteiger partial charge in [0, 0.05) is 40.6 Å². The summed E-state index contributed by atoms with van der Waals surface area (Å²) >= 11 is 0. The van der Waals surface area contributed by atoms with E-state index in [-0.39, 0.29) is 18.3 Å². The van der Waals surface area contributed by atoms with Crippen molar-refractivity contribution in [3.05, 3.63) is 47.4 Å². The minimum Gasteiger partial charge on any atom is -0.481 e. The first-order valence-corrected chi connectivity index (χ1v) is 12.4. The van der Waals surface area contributed by atoms with Crippen LogP contribution in [0.2, 0.25) is 0 Å². The number of benzene rings is 1. The maximum absolute atomic E-state index is 13.5. The first-order chi connectivity index (χ1) is 15.3. The number of carboxylic acids is 1. The molecule has 2 rings (SSSR count). The molecule has 0 aliphatic carbocycles. The average Bonchev–Trinajstić information content (AvgIpc) is 2.70. The van der Waals surface area contributed by atoms with Gasteiger partial charge in [-0.3, -0.25) is 9.10 Å². The van der Waals surface area contributed by atoms with E-state index in [2.05, 4.69) is 15.8 Å². The molecule has 10 heteroatoms. The predicted molar refractivity (Wildman–Crippen MR) is 129 cm³/mol. The molecule has 0 aliphatic heterocycles. The second kappa shape index (κ2) is 10.9. The molecule has 0 radical (unpaired) electrons. The molecule has 1 aromatic heterocycles. The number of aliphatic hydroxyl groups is 2. The van der Waals surface area contributed by atoms with Crippen LogP contribution in [0.25, 0.3) is 17.3 Å². The minimum absolute atomic E-state index is 0.0912. The normalized spacial score (nSPS) is 15.4.